The van der Waals surface area contributed by atoms with E-state index >= 15 is 0 Å². The lowest BCUT2D eigenvalue weighted by Gasteiger charge is -2.19. The molecule has 1 aliphatic carbocycles. The summed E-state index contributed by atoms with van der Waals surface area (Å²) in [6, 6.07) is 6.62. The van der Waals surface area contributed by atoms with Gasteiger partial charge in [0.15, 0.2) is 0 Å². The number of carbonyl (C=O) groups excluding carboxylic acids is 1. The highest BCUT2D eigenvalue weighted by atomic mass is 16.4. The highest BCUT2D eigenvalue weighted by Crippen LogP contribution is 2.38. The molecule has 1 saturated carbocycles. The highest BCUT2D eigenvalue weighted by molar-refractivity contribution is 5.91. The van der Waals surface area contributed by atoms with Crippen molar-refractivity contribution in [2.75, 3.05) is 13.1 Å². The molecule has 1 aliphatic heterocycles. The largest absolute Gasteiger partial charge is 0.478 e. The monoisotopic (exact) mass is 289 g/mol. The molecule has 1 amide bonds. The summed E-state index contributed by atoms with van der Waals surface area (Å²) in [4.78, 5) is 25.3. The Morgan fingerprint density at radius 2 is 1.95 bits per heavy atom. The minimum absolute atomic E-state index is 0.0506. The van der Waals surface area contributed by atoms with E-state index in [1.807, 2.05) is 0 Å². The SMILES string of the molecule is O=C(O)c1ccccc1CC(=O)N1CC2CCC(O)C2C1. The molecule has 3 unspecified atom stereocenters. The van der Waals surface area contributed by atoms with E-state index in [0.29, 0.717) is 24.6 Å². The van der Waals surface area contributed by atoms with Crippen molar-refractivity contribution in [2.24, 2.45) is 11.8 Å². The number of nitrogens with zero attached hydrogens (tertiary/aromatic N) is 1. The Hall–Kier alpha value is -1.88. The molecule has 21 heavy (non-hydrogen) atoms. The van der Waals surface area contributed by atoms with Crippen LogP contribution in [-0.4, -0.2) is 46.2 Å². The molecule has 0 bridgehead atoms. The molecule has 1 saturated heterocycles. The minimum Gasteiger partial charge on any atom is -0.478 e. The maximum Gasteiger partial charge on any atom is 0.335 e. The fraction of sp³-hybridized carbons (Fsp3) is 0.500. The predicted molar refractivity (Wildman–Crippen MR) is 75.9 cm³/mol. The number of aliphatic hydroxyl groups is 1. The smallest absolute Gasteiger partial charge is 0.335 e. The van der Waals surface area contributed by atoms with Gasteiger partial charge < -0.3 is 15.1 Å². The first kappa shape index (κ1) is 14.1. The van der Waals surface area contributed by atoms with E-state index in [1.54, 1.807) is 23.1 Å². The van der Waals surface area contributed by atoms with Crippen LogP contribution in [0.25, 0.3) is 0 Å². The average Bonchev–Trinajstić information content (AvgIpc) is 3.02. The quantitative estimate of drug-likeness (QED) is 0.875. The van der Waals surface area contributed by atoms with Gasteiger partial charge in [0, 0.05) is 19.0 Å². The van der Waals surface area contributed by atoms with Crippen LogP contribution >= 0.6 is 0 Å². The topological polar surface area (TPSA) is 77.8 Å². The van der Waals surface area contributed by atoms with Crippen LogP contribution in [-0.2, 0) is 11.2 Å². The zero-order chi connectivity index (χ0) is 15.0. The second-order valence-corrected chi connectivity index (χ2v) is 6.01. The van der Waals surface area contributed by atoms with Crippen LogP contribution in [0.5, 0.6) is 0 Å². The van der Waals surface area contributed by atoms with Gasteiger partial charge >= 0.3 is 5.97 Å². The second kappa shape index (κ2) is 5.48. The Kier molecular flexibility index (Phi) is 3.68. The molecule has 3 rings (SSSR count). The summed E-state index contributed by atoms with van der Waals surface area (Å²) in [5.41, 5.74) is 0.734. The van der Waals surface area contributed by atoms with E-state index < -0.39 is 5.97 Å². The van der Waals surface area contributed by atoms with Crippen molar-refractivity contribution in [3.8, 4) is 0 Å². The summed E-state index contributed by atoms with van der Waals surface area (Å²) in [5, 5.41) is 19.0. The Labute approximate surface area is 123 Å². The molecule has 112 valence electrons. The van der Waals surface area contributed by atoms with Crippen LogP contribution in [0.15, 0.2) is 24.3 Å². The van der Waals surface area contributed by atoms with E-state index in [0.717, 1.165) is 12.8 Å². The molecule has 2 N–H and O–H groups in total. The van der Waals surface area contributed by atoms with Crippen LogP contribution in [0.4, 0.5) is 0 Å². The fourth-order valence-electron chi connectivity index (χ4n) is 3.60. The summed E-state index contributed by atoms with van der Waals surface area (Å²) >= 11 is 0. The van der Waals surface area contributed by atoms with Gasteiger partial charge in [0.25, 0.3) is 0 Å². The molecule has 2 aliphatic rings. The zero-order valence-electron chi connectivity index (χ0n) is 11.7. The molecule has 0 spiro atoms. The van der Waals surface area contributed by atoms with Gasteiger partial charge in [0.05, 0.1) is 18.1 Å². The average molecular weight is 289 g/mol. The number of carbonyl (C=O) groups is 2. The van der Waals surface area contributed by atoms with E-state index in [1.165, 1.54) is 6.07 Å². The Balaban J connectivity index is 1.69. The van der Waals surface area contributed by atoms with Gasteiger partial charge in [0.1, 0.15) is 0 Å². The molecular weight excluding hydrogens is 270 g/mol. The molecular formula is C16H19NO4. The van der Waals surface area contributed by atoms with Crippen molar-refractivity contribution in [2.45, 2.75) is 25.4 Å². The van der Waals surface area contributed by atoms with Gasteiger partial charge in [-0.15, -0.1) is 0 Å². The fourth-order valence-corrected chi connectivity index (χ4v) is 3.60. The van der Waals surface area contributed by atoms with Gasteiger partial charge in [-0.3, -0.25) is 4.79 Å². The first-order valence-electron chi connectivity index (χ1n) is 7.33. The number of aliphatic hydroxyl groups excluding tert-OH is 1. The number of hydrogen-bond acceptors (Lipinski definition) is 3. The summed E-state index contributed by atoms with van der Waals surface area (Å²) < 4.78 is 0. The number of fused-ring (bicyclic) bond motifs is 1. The first-order valence-corrected chi connectivity index (χ1v) is 7.33. The van der Waals surface area contributed by atoms with E-state index in [4.69, 9.17) is 5.11 Å². The highest BCUT2D eigenvalue weighted by Gasteiger charge is 2.43. The van der Waals surface area contributed by atoms with Crippen LogP contribution in [0.3, 0.4) is 0 Å². The molecule has 2 fully saturated rings. The van der Waals surface area contributed by atoms with E-state index in [2.05, 4.69) is 0 Å². The number of carboxylic acids is 1. The molecule has 0 aromatic heterocycles. The number of likely N-dealkylation sites (tertiary alicyclic amines) is 1. The van der Waals surface area contributed by atoms with Crippen LogP contribution in [0, 0.1) is 11.8 Å². The van der Waals surface area contributed by atoms with Gasteiger partial charge in [-0.25, -0.2) is 4.79 Å². The Bertz CT molecular complexity index is 571. The lowest BCUT2D eigenvalue weighted by Crippen LogP contribution is -2.32. The van der Waals surface area contributed by atoms with Gasteiger partial charge in [-0.1, -0.05) is 18.2 Å². The molecule has 1 aromatic carbocycles. The number of benzene rings is 1. The van der Waals surface area contributed by atoms with Crippen molar-refractivity contribution in [1.82, 2.24) is 4.90 Å². The van der Waals surface area contributed by atoms with Gasteiger partial charge in [-0.05, 0) is 30.4 Å². The normalized spacial score (nSPS) is 27.7. The standard InChI is InChI=1S/C16H19NO4/c18-14-6-5-11-8-17(9-13(11)14)15(19)7-10-3-1-2-4-12(10)16(20)21/h1-4,11,13-14,18H,5-9H2,(H,20,21). The Morgan fingerprint density at radius 3 is 2.67 bits per heavy atom. The maximum absolute atomic E-state index is 12.4. The van der Waals surface area contributed by atoms with E-state index in [9.17, 15) is 14.7 Å². The van der Waals surface area contributed by atoms with Crippen molar-refractivity contribution in [3.63, 3.8) is 0 Å². The molecule has 5 nitrogen and oxygen atoms in total. The van der Waals surface area contributed by atoms with Gasteiger partial charge in [-0.2, -0.15) is 0 Å². The van der Waals surface area contributed by atoms with Gasteiger partial charge in [0.2, 0.25) is 5.91 Å². The summed E-state index contributed by atoms with van der Waals surface area (Å²) in [5.74, 6) is -0.459. The summed E-state index contributed by atoms with van der Waals surface area (Å²) in [6.07, 6.45) is 1.62. The second-order valence-electron chi connectivity index (χ2n) is 6.01. The summed E-state index contributed by atoms with van der Waals surface area (Å²) in [7, 11) is 0. The molecule has 5 heteroatoms. The van der Waals surface area contributed by atoms with Crippen LogP contribution in [0.1, 0.15) is 28.8 Å². The number of hydrogen-bond donors (Lipinski definition) is 2. The van der Waals surface area contributed by atoms with Crippen molar-refractivity contribution in [1.29, 1.82) is 0 Å². The van der Waals surface area contributed by atoms with Crippen molar-refractivity contribution < 1.29 is 19.8 Å². The summed E-state index contributed by atoms with van der Waals surface area (Å²) in [6.45, 7) is 1.29. The number of rotatable bonds is 3. The third-order valence-corrected chi connectivity index (χ3v) is 4.76. The zero-order valence-corrected chi connectivity index (χ0v) is 11.7. The number of carboxylic acid groups (broad SMARTS) is 1. The third-order valence-electron chi connectivity index (χ3n) is 4.76. The van der Waals surface area contributed by atoms with Crippen molar-refractivity contribution >= 4 is 11.9 Å². The lowest BCUT2D eigenvalue weighted by molar-refractivity contribution is -0.129. The number of aromatic carboxylic acids is 1. The van der Waals surface area contributed by atoms with Crippen molar-refractivity contribution in [3.05, 3.63) is 35.4 Å². The first-order chi connectivity index (χ1) is 10.1. The van der Waals surface area contributed by atoms with E-state index in [-0.39, 0.29) is 29.9 Å². The minimum atomic E-state index is -1.01. The molecule has 1 aromatic rings. The molecule has 3 atom stereocenters. The van der Waals surface area contributed by atoms with Crippen LogP contribution in [0.2, 0.25) is 0 Å². The number of amides is 1. The molecule has 1 heterocycles. The Morgan fingerprint density at radius 1 is 1.19 bits per heavy atom. The maximum atomic E-state index is 12.4. The molecule has 0 radical (unpaired) electrons. The lowest BCUT2D eigenvalue weighted by atomic mass is 10.00. The van der Waals surface area contributed by atoms with Crippen LogP contribution < -0.4 is 0 Å². The predicted octanol–water partition coefficient (Wildman–Crippen LogP) is 1.16. The third kappa shape index (κ3) is 2.65.